The fraction of sp³-hybridized carbons (Fsp3) is 0.636. The number of anilines is 1. The van der Waals surface area contributed by atoms with Crippen molar-refractivity contribution in [3.63, 3.8) is 0 Å². The second-order valence-electron chi connectivity index (χ2n) is 4.29. The van der Waals surface area contributed by atoms with Crippen molar-refractivity contribution in [3.05, 3.63) is 18.0 Å². The summed E-state index contributed by atoms with van der Waals surface area (Å²) in [6, 6.07) is 0. The Bertz CT molecular complexity index is 325. The number of aromatic nitrogens is 2. The minimum absolute atomic E-state index is 0.212. The highest BCUT2D eigenvalue weighted by molar-refractivity contribution is 6.21. The molecule has 1 aliphatic heterocycles. The van der Waals surface area contributed by atoms with E-state index in [9.17, 15) is 0 Å². The van der Waals surface area contributed by atoms with Crippen LogP contribution in [-0.2, 0) is 0 Å². The quantitative estimate of drug-likeness (QED) is 0.687. The van der Waals surface area contributed by atoms with Crippen LogP contribution in [0.3, 0.4) is 0 Å². The Kier molecular flexibility index (Phi) is 3.10. The molecule has 0 bridgehead atoms. The SMILES string of the molecule is Cc1cnc(N2CCC(C)C(Cl)C2)nc1. The van der Waals surface area contributed by atoms with Gasteiger partial charge in [-0.2, -0.15) is 0 Å². The molecule has 0 amide bonds. The lowest BCUT2D eigenvalue weighted by molar-refractivity contribution is 0.441. The van der Waals surface area contributed by atoms with Gasteiger partial charge in [0, 0.05) is 25.5 Å². The van der Waals surface area contributed by atoms with Gasteiger partial charge in [-0.25, -0.2) is 9.97 Å². The van der Waals surface area contributed by atoms with Crippen molar-refractivity contribution in [2.24, 2.45) is 5.92 Å². The number of halogens is 1. The predicted molar refractivity (Wildman–Crippen MR) is 62.4 cm³/mol. The van der Waals surface area contributed by atoms with Gasteiger partial charge in [0.05, 0.1) is 5.38 Å². The molecule has 2 rings (SSSR count). The fourth-order valence-electron chi connectivity index (χ4n) is 1.75. The van der Waals surface area contributed by atoms with Crippen molar-refractivity contribution in [1.82, 2.24) is 9.97 Å². The number of nitrogens with zero attached hydrogens (tertiary/aromatic N) is 3. The van der Waals surface area contributed by atoms with E-state index in [0.29, 0.717) is 5.92 Å². The number of piperidine rings is 1. The van der Waals surface area contributed by atoms with Crippen LogP contribution in [0.5, 0.6) is 0 Å². The molecule has 0 aliphatic carbocycles. The Labute approximate surface area is 95.5 Å². The molecule has 2 atom stereocenters. The molecule has 2 heterocycles. The van der Waals surface area contributed by atoms with Crippen molar-refractivity contribution >= 4 is 17.5 Å². The van der Waals surface area contributed by atoms with E-state index in [-0.39, 0.29) is 5.38 Å². The van der Waals surface area contributed by atoms with Crippen LogP contribution in [0.25, 0.3) is 0 Å². The zero-order valence-corrected chi connectivity index (χ0v) is 9.91. The summed E-state index contributed by atoms with van der Waals surface area (Å²) in [5.41, 5.74) is 1.09. The maximum atomic E-state index is 6.25. The normalized spacial score (nSPS) is 26.7. The third kappa shape index (κ3) is 2.40. The summed E-state index contributed by atoms with van der Waals surface area (Å²) in [4.78, 5) is 10.8. The minimum atomic E-state index is 0.212. The zero-order valence-electron chi connectivity index (χ0n) is 9.15. The fourth-order valence-corrected chi connectivity index (χ4v) is 2.05. The molecule has 0 saturated carbocycles. The van der Waals surface area contributed by atoms with Gasteiger partial charge in [-0.15, -0.1) is 11.6 Å². The van der Waals surface area contributed by atoms with Gasteiger partial charge >= 0.3 is 0 Å². The molecule has 1 fully saturated rings. The van der Waals surface area contributed by atoms with E-state index in [2.05, 4.69) is 21.8 Å². The van der Waals surface area contributed by atoms with Crippen LogP contribution in [0.1, 0.15) is 18.9 Å². The van der Waals surface area contributed by atoms with Crippen LogP contribution in [-0.4, -0.2) is 28.4 Å². The largest absolute Gasteiger partial charge is 0.339 e. The Morgan fingerprint density at radius 1 is 1.40 bits per heavy atom. The van der Waals surface area contributed by atoms with Gasteiger partial charge in [0.15, 0.2) is 0 Å². The van der Waals surface area contributed by atoms with Crippen LogP contribution < -0.4 is 4.90 Å². The Morgan fingerprint density at radius 3 is 2.67 bits per heavy atom. The van der Waals surface area contributed by atoms with E-state index in [0.717, 1.165) is 31.0 Å². The molecule has 1 aromatic rings. The van der Waals surface area contributed by atoms with Gasteiger partial charge in [0.1, 0.15) is 0 Å². The minimum Gasteiger partial charge on any atom is -0.339 e. The van der Waals surface area contributed by atoms with Crippen molar-refractivity contribution < 1.29 is 0 Å². The first-order chi connectivity index (χ1) is 7.16. The van der Waals surface area contributed by atoms with Gasteiger partial charge in [-0.1, -0.05) is 6.92 Å². The van der Waals surface area contributed by atoms with Gasteiger partial charge < -0.3 is 4.90 Å². The lowest BCUT2D eigenvalue weighted by Crippen LogP contribution is -2.41. The van der Waals surface area contributed by atoms with Crippen molar-refractivity contribution in [3.8, 4) is 0 Å². The lowest BCUT2D eigenvalue weighted by atomic mass is 9.99. The highest BCUT2D eigenvalue weighted by Gasteiger charge is 2.25. The summed E-state index contributed by atoms with van der Waals surface area (Å²) >= 11 is 6.25. The van der Waals surface area contributed by atoms with Crippen molar-refractivity contribution in [1.29, 1.82) is 0 Å². The molecule has 0 N–H and O–H groups in total. The first-order valence-electron chi connectivity index (χ1n) is 5.34. The number of alkyl halides is 1. The Morgan fingerprint density at radius 2 is 2.07 bits per heavy atom. The van der Waals surface area contributed by atoms with E-state index in [1.54, 1.807) is 0 Å². The lowest BCUT2D eigenvalue weighted by Gasteiger charge is -2.33. The topological polar surface area (TPSA) is 29.0 Å². The van der Waals surface area contributed by atoms with Crippen LogP contribution >= 0.6 is 11.6 Å². The maximum Gasteiger partial charge on any atom is 0.225 e. The third-order valence-corrected chi connectivity index (χ3v) is 3.48. The first kappa shape index (κ1) is 10.7. The molecular formula is C11H16ClN3. The van der Waals surface area contributed by atoms with Crippen molar-refractivity contribution in [2.75, 3.05) is 18.0 Å². The van der Waals surface area contributed by atoms with Gasteiger partial charge in [0.25, 0.3) is 0 Å². The highest BCUT2D eigenvalue weighted by atomic mass is 35.5. The summed E-state index contributed by atoms with van der Waals surface area (Å²) in [5.74, 6) is 1.39. The van der Waals surface area contributed by atoms with Crippen LogP contribution in [0.4, 0.5) is 5.95 Å². The summed E-state index contributed by atoms with van der Waals surface area (Å²) in [7, 11) is 0. The average molecular weight is 226 g/mol. The molecule has 0 radical (unpaired) electrons. The monoisotopic (exact) mass is 225 g/mol. The predicted octanol–water partition coefficient (Wildman–Crippen LogP) is 2.24. The summed E-state index contributed by atoms with van der Waals surface area (Å²) in [6.07, 6.45) is 4.82. The number of rotatable bonds is 1. The molecule has 1 saturated heterocycles. The highest BCUT2D eigenvalue weighted by Crippen LogP contribution is 2.23. The number of aryl methyl sites for hydroxylation is 1. The Hall–Kier alpha value is -0.830. The van der Waals surface area contributed by atoms with Crippen molar-refractivity contribution in [2.45, 2.75) is 25.6 Å². The summed E-state index contributed by atoms with van der Waals surface area (Å²) < 4.78 is 0. The molecule has 1 aromatic heterocycles. The van der Waals surface area contributed by atoms with Gasteiger partial charge in [-0.3, -0.25) is 0 Å². The zero-order chi connectivity index (χ0) is 10.8. The second-order valence-corrected chi connectivity index (χ2v) is 4.85. The first-order valence-corrected chi connectivity index (χ1v) is 5.78. The van der Waals surface area contributed by atoms with Crippen LogP contribution in [0, 0.1) is 12.8 Å². The number of hydrogen-bond donors (Lipinski definition) is 0. The van der Waals surface area contributed by atoms with Gasteiger partial charge in [0.2, 0.25) is 5.95 Å². The van der Waals surface area contributed by atoms with E-state index in [1.807, 2.05) is 19.3 Å². The second kappa shape index (κ2) is 4.35. The molecule has 0 aromatic carbocycles. The third-order valence-electron chi connectivity index (χ3n) is 2.92. The smallest absolute Gasteiger partial charge is 0.225 e. The average Bonchev–Trinajstić information content (AvgIpc) is 2.23. The molecule has 2 unspecified atom stereocenters. The van der Waals surface area contributed by atoms with E-state index < -0.39 is 0 Å². The van der Waals surface area contributed by atoms with E-state index in [4.69, 9.17) is 11.6 Å². The number of hydrogen-bond acceptors (Lipinski definition) is 3. The maximum absolute atomic E-state index is 6.25. The Balaban J connectivity index is 2.08. The molecule has 4 heteroatoms. The molecular weight excluding hydrogens is 210 g/mol. The summed E-state index contributed by atoms with van der Waals surface area (Å²) in [5, 5.41) is 0.212. The van der Waals surface area contributed by atoms with E-state index >= 15 is 0 Å². The van der Waals surface area contributed by atoms with Crippen LogP contribution in [0.2, 0.25) is 0 Å². The van der Waals surface area contributed by atoms with E-state index in [1.165, 1.54) is 0 Å². The van der Waals surface area contributed by atoms with Crippen LogP contribution in [0.15, 0.2) is 12.4 Å². The molecule has 3 nitrogen and oxygen atoms in total. The molecule has 1 aliphatic rings. The van der Waals surface area contributed by atoms with Gasteiger partial charge in [-0.05, 0) is 24.8 Å². The standard InChI is InChI=1S/C11H16ClN3/c1-8-5-13-11(14-6-8)15-4-3-9(2)10(12)7-15/h5-6,9-10H,3-4,7H2,1-2H3. The molecule has 15 heavy (non-hydrogen) atoms. The molecule has 82 valence electrons. The molecule has 0 spiro atoms. The summed E-state index contributed by atoms with van der Waals surface area (Å²) in [6.45, 7) is 6.05.